The molecule has 0 spiro atoms. The second-order valence-corrected chi connectivity index (χ2v) is 9.17. The third kappa shape index (κ3) is 4.72. The van der Waals surface area contributed by atoms with E-state index in [2.05, 4.69) is 28.6 Å². The largest absolute Gasteiger partial charge is 0.496 e. The van der Waals surface area contributed by atoms with Gasteiger partial charge in [-0.3, -0.25) is 14.4 Å². The van der Waals surface area contributed by atoms with Crippen molar-refractivity contribution in [1.29, 1.82) is 5.26 Å². The summed E-state index contributed by atoms with van der Waals surface area (Å²) in [5.74, 6) is -0.0684. The molecule has 0 saturated carbocycles. The molecule has 3 heterocycles. The number of aromatic nitrogens is 1. The van der Waals surface area contributed by atoms with Crippen molar-refractivity contribution < 1.29 is 19.1 Å². The van der Waals surface area contributed by atoms with Gasteiger partial charge in [0.1, 0.15) is 23.5 Å². The van der Waals surface area contributed by atoms with E-state index < -0.39 is 12.1 Å². The Kier molecular flexibility index (Phi) is 7.06. The Balaban J connectivity index is 1.53. The van der Waals surface area contributed by atoms with E-state index in [9.17, 15) is 19.6 Å². The lowest BCUT2D eigenvalue weighted by Gasteiger charge is -2.25. The standard InChI is InChI=1S/C25H31N5O4/c1-3-5-15-10-21(24(32)28-17(13-26)11-16-8-9-27-23(16)31)30(14-15)25(33)20-12-18-19(29-20)6-4-7-22(18)34-2/h4,6-7,12,15-17,21,29H,3,5,8-11,14H2,1-2H3,(H,27,31)(H,28,32)/t15-,16+,17+,21+/m1/s1. The lowest BCUT2D eigenvalue weighted by Crippen LogP contribution is -2.49. The van der Waals surface area contributed by atoms with E-state index in [0.717, 1.165) is 23.7 Å². The highest BCUT2D eigenvalue weighted by Gasteiger charge is 2.41. The van der Waals surface area contributed by atoms with Crippen molar-refractivity contribution in [2.45, 2.75) is 51.1 Å². The summed E-state index contributed by atoms with van der Waals surface area (Å²) in [6.45, 7) is 3.16. The van der Waals surface area contributed by atoms with Gasteiger partial charge in [0, 0.05) is 29.9 Å². The molecule has 3 N–H and O–H groups in total. The average Bonchev–Trinajstić information content (AvgIpc) is 3.56. The van der Waals surface area contributed by atoms with Crippen LogP contribution in [0.4, 0.5) is 0 Å². The zero-order valence-corrected chi connectivity index (χ0v) is 19.6. The van der Waals surface area contributed by atoms with Crippen molar-refractivity contribution in [2.24, 2.45) is 11.8 Å². The normalized spacial score (nSPS) is 22.9. The zero-order chi connectivity index (χ0) is 24.2. The number of nitrogens with one attached hydrogen (secondary N) is 3. The first-order valence-corrected chi connectivity index (χ1v) is 11.9. The molecule has 0 bridgehead atoms. The van der Waals surface area contributed by atoms with Gasteiger partial charge in [-0.05, 0) is 49.8 Å². The SMILES string of the molecule is CCC[C@@H]1C[C@@H](C(=O)N[C@H](C#N)C[C@@H]2CCNC2=O)N(C(=O)c2cc3c(OC)cccc3[nH]2)C1. The van der Waals surface area contributed by atoms with Gasteiger partial charge in [-0.1, -0.05) is 19.4 Å². The lowest BCUT2D eigenvalue weighted by atomic mass is 9.98. The number of rotatable bonds is 8. The van der Waals surface area contributed by atoms with Crippen LogP contribution in [0.1, 0.15) is 49.5 Å². The molecule has 0 unspecified atom stereocenters. The molecular weight excluding hydrogens is 434 g/mol. The number of methoxy groups -OCH3 is 1. The Morgan fingerprint density at radius 3 is 2.88 bits per heavy atom. The van der Waals surface area contributed by atoms with Crippen LogP contribution in [-0.4, -0.2) is 59.9 Å². The van der Waals surface area contributed by atoms with Gasteiger partial charge in [-0.2, -0.15) is 5.26 Å². The number of nitrogens with zero attached hydrogens (tertiary/aromatic N) is 2. The highest BCUT2D eigenvalue weighted by atomic mass is 16.5. The molecule has 4 rings (SSSR count). The number of hydrogen-bond acceptors (Lipinski definition) is 5. The quantitative estimate of drug-likeness (QED) is 0.551. The smallest absolute Gasteiger partial charge is 0.270 e. The number of H-pyrrole nitrogens is 1. The third-order valence-corrected chi connectivity index (χ3v) is 6.88. The molecular formula is C25H31N5O4. The number of hydrogen-bond donors (Lipinski definition) is 3. The van der Waals surface area contributed by atoms with Gasteiger partial charge in [0.15, 0.2) is 0 Å². The predicted molar refractivity (Wildman–Crippen MR) is 126 cm³/mol. The number of carbonyl (C=O) groups excluding carboxylic acids is 3. The first-order valence-electron chi connectivity index (χ1n) is 11.9. The fraction of sp³-hybridized carbons (Fsp3) is 0.520. The van der Waals surface area contributed by atoms with Crippen molar-refractivity contribution in [1.82, 2.24) is 20.5 Å². The Labute approximate surface area is 198 Å². The van der Waals surface area contributed by atoms with Crippen LogP contribution in [0.25, 0.3) is 10.9 Å². The van der Waals surface area contributed by atoms with Gasteiger partial charge in [-0.15, -0.1) is 0 Å². The molecule has 34 heavy (non-hydrogen) atoms. The number of ether oxygens (including phenoxy) is 1. The number of benzene rings is 1. The van der Waals surface area contributed by atoms with E-state index in [1.165, 1.54) is 0 Å². The van der Waals surface area contributed by atoms with Crippen LogP contribution < -0.4 is 15.4 Å². The fourth-order valence-electron chi connectivity index (χ4n) is 5.15. The molecule has 9 nitrogen and oxygen atoms in total. The molecule has 0 radical (unpaired) electrons. The lowest BCUT2D eigenvalue weighted by molar-refractivity contribution is -0.126. The van der Waals surface area contributed by atoms with Gasteiger partial charge in [0.05, 0.1) is 13.2 Å². The number of nitriles is 1. The maximum absolute atomic E-state index is 13.5. The zero-order valence-electron chi connectivity index (χ0n) is 19.6. The van der Waals surface area contributed by atoms with Gasteiger partial charge in [0.2, 0.25) is 11.8 Å². The summed E-state index contributed by atoms with van der Waals surface area (Å²) < 4.78 is 5.40. The highest BCUT2D eigenvalue weighted by Crippen LogP contribution is 2.31. The fourth-order valence-corrected chi connectivity index (χ4v) is 5.15. The average molecular weight is 466 g/mol. The second-order valence-electron chi connectivity index (χ2n) is 9.17. The first-order chi connectivity index (χ1) is 16.4. The minimum absolute atomic E-state index is 0.0792. The van der Waals surface area contributed by atoms with Gasteiger partial charge in [-0.25, -0.2) is 0 Å². The molecule has 2 aliphatic rings. The van der Waals surface area contributed by atoms with Crippen LogP contribution in [0, 0.1) is 23.2 Å². The van der Waals surface area contributed by atoms with Crippen LogP contribution in [0.3, 0.4) is 0 Å². The van der Waals surface area contributed by atoms with E-state index in [1.54, 1.807) is 18.1 Å². The van der Waals surface area contributed by atoms with Gasteiger partial charge in [0.25, 0.3) is 5.91 Å². The molecule has 2 saturated heterocycles. The third-order valence-electron chi connectivity index (χ3n) is 6.88. The molecule has 2 fully saturated rings. The number of aromatic amines is 1. The summed E-state index contributed by atoms with van der Waals surface area (Å²) >= 11 is 0. The molecule has 1 aromatic heterocycles. The van der Waals surface area contributed by atoms with Crippen LogP contribution in [0.15, 0.2) is 24.3 Å². The maximum Gasteiger partial charge on any atom is 0.270 e. The van der Waals surface area contributed by atoms with E-state index in [0.29, 0.717) is 37.4 Å². The summed E-state index contributed by atoms with van der Waals surface area (Å²) in [6.07, 6.45) is 3.36. The summed E-state index contributed by atoms with van der Waals surface area (Å²) in [6, 6.07) is 7.99. The van der Waals surface area contributed by atoms with Crippen molar-refractivity contribution >= 4 is 28.6 Å². The summed E-state index contributed by atoms with van der Waals surface area (Å²) in [5, 5.41) is 15.9. The number of likely N-dealkylation sites (tertiary alicyclic amines) is 1. The second kappa shape index (κ2) is 10.2. The molecule has 0 aliphatic carbocycles. The van der Waals surface area contributed by atoms with Gasteiger partial charge >= 0.3 is 0 Å². The van der Waals surface area contributed by atoms with Crippen molar-refractivity contribution in [2.75, 3.05) is 20.2 Å². The molecule has 2 aliphatic heterocycles. The molecule has 1 aromatic carbocycles. The van der Waals surface area contributed by atoms with Crippen LogP contribution in [-0.2, 0) is 9.59 Å². The van der Waals surface area contributed by atoms with E-state index in [4.69, 9.17) is 4.74 Å². The van der Waals surface area contributed by atoms with Crippen LogP contribution in [0.5, 0.6) is 5.75 Å². The number of carbonyl (C=O) groups is 3. The van der Waals surface area contributed by atoms with E-state index >= 15 is 0 Å². The molecule has 2 aromatic rings. The molecule has 180 valence electrons. The molecule has 9 heteroatoms. The van der Waals surface area contributed by atoms with Crippen molar-refractivity contribution in [3.8, 4) is 11.8 Å². The van der Waals surface area contributed by atoms with Gasteiger partial charge < -0.3 is 25.3 Å². The molecule has 3 amide bonds. The predicted octanol–water partition coefficient (Wildman–Crippen LogP) is 2.34. The topological polar surface area (TPSA) is 127 Å². The van der Waals surface area contributed by atoms with Crippen molar-refractivity contribution in [3.05, 3.63) is 30.0 Å². The minimum atomic E-state index is -0.777. The Bertz CT molecular complexity index is 1120. The minimum Gasteiger partial charge on any atom is -0.496 e. The van der Waals surface area contributed by atoms with Crippen LogP contribution in [0.2, 0.25) is 0 Å². The first kappa shape index (κ1) is 23.6. The monoisotopic (exact) mass is 465 g/mol. The van der Waals surface area contributed by atoms with Crippen molar-refractivity contribution in [3.63, 3.8) is 0 Å². The summed E-state index contributed by atoms with van der Waals surface area (Å²) in [4.78, 5) is 43.4. The Morgan fingerprint density at radius 1 is 1.38 bits per heavy atom. The van der Waals surface area contributed by atoms with Crippen LogP contribution >= 0.6 is 0 Å². The highest BCUT2D eigenvalue weighted by molar-refractivity contribution is 6.01. The maximum atomic E-state index is 13.5. The summed E-state index contributed by atoms with van der Waals surface area (Å²) in [7, 11) is 1.58. The Morgan fingerprint density at radius 2 is 2.21 bits per heavy atom. The Hall–Kier alpha value is -3.54. The molecule has 4 atom stereocenters. The van der Waals surface area contributed by atoms with E-state index in [1.807, 2.05) is 18.2 Å². The number of amides is 3. The number of fused-ring (bicyclic) bond motifs is 1. The van der Waals surface area contributed by atoms with E-state index in [-0.39, 0.29) is 36.0 Å². The summed E-state index contributed by atoms with van der Waals surface area (Å²) in [5.41, 5.74) is 1.18.